The van der Waals surface area contributed by atoms with E-state index in [-0.39, 0.29) is 17.6 Å². The Morgan fingerprint density at radius 1 is 1.45 bits per heavy atom. The fraction of sp³-hybridized carbons (Fsp3) is 0.429. The molecule has 1 saturated heterocycles. The molecule has 2 amide bonds. The van der Waals surface area contributed by atoms with Crippen molar-refractivity contribution >= 4 is 23.6 Å². The molecule has 1 fully saturated rings. The van der Waals surface area contributed by atoms with E-state index in [0.29, 0.717) is 23.9 Å². The summed E-state index contributed by atoms with van der Waals surface area (Å²) in [4.78, 5) is 24.9. The Hall–Kier alpha value is -2.09. The predicted octanol–water partition coefficient (Wildman–Crippen LogP) is 1.62. The highest BCUT2D eigenvalue weighted by molar-refractivity contribution is 7.99. The molecule has 1 aliphatic heterocycles. The number of furan rings is 1. The van der Waals surface area contributed by atoms with Gasteiger partial charge in [-0.1, -0.05) is 11.8 Å². The third kappa shape index (κ3) is 2.66. The number of thioether (sulfide) groups is 1. The Morgan fingerprint density at radius 2 is 2.27 bits per heavy atom. The Labute approximate surface area is 131 Å². The molecule has 0 aromatic carbocycles. The van der Waals surface area contributed by atoms with Crippen molar-refractivity contribution < 1.29 is 14.0 Å². The number of rotatable bonds is 4. The van der Waals surface area contributed by atoms with E-state index in [4.69, 9.17) is 4.42 Å². The number of aryl methyl sites for hydroxylation is 1. The molecule has 3 rings (SSSR count). The summed E-state index contributed by atoms with van der Waals surface area (Å²) in [7, 11) is 1.84. The third-order valence-corrected chi connectivity index (χ3v) is 4.64. The van der Waals surface area contributed by atoms with Gasteiger partial charge >= 0.3 is 0 Å². The van der Waals surface area contributed by atoms with Crippen LogP contribution in [-0.2, 0) is 16.6 Å². The minimum atomic E-state index is -0.170. The quantitative estimate of drug-likeness (QED) is 0.796. The lowest BCUT2D eigenvalue weighted by atomic mass is 10.2. The Kier molecular flexibility index (Phi) is 4.02. The Bertz CT molecular complexity index is 721. The van der Waals surface area contributed by atoms with Gasteiger partial charge in [-0.25, -0.2) is 0 Å². The third-order valence-electron chi connectivity index (χ3n) is 3.63. The molecule has 0 aliphatic carbocycles. The summed E-state index contributed by atoms with van der Waals surface area (Å²) in [5.41, 5.74) is 0.878. The van der Waals surface area contributed by atoms with Gasteiger partial charge in [0.25, 0.3) is 0 Å². The molecule has 0 radical (unpaired) electrons. The van der Waals surface area contributed by atoms with E-state index in [1.54, 1.807) is 6.26 Å². The van der Waals surface area contributed by atoms with Gasteiger partial charge in [0.2, 0.25) is 11.8 Å². The van der Waals surface area contributed by atoms with Crippen LogP contribution in [0.2, 0.25) is 0 Å². The topological polar surface area (TPSA) is 81.2 Å². The van der Waals surface area contributed by atoms with Gasteiger partial charge in [-0.05, 0) is 19.4 Å². The van der Waals surface area contributed by atoms with Gasteiger partial charge in [-0.15, -0.1) is 10.2 Å². The summed E-state index contributed by atoms with van der Waals surface area (Å²) in [5.74, 6) is 1.39. The Morgan fingerprint density at radius 3 is 2.91 bits per heavy atom. The van der Waals surface area contributed by atoms with E-state index in [9.17, 15) is 9.59 Å². The van der Waals surface area contributed by atoms with E-state index in [1.165, 1.54) is 16.7 Å². The molecule has 1 aliphatic rings. The molecular formula is C14H16N4O3S. The van der Waals surface area contributed by atoms with E-state index in [1.807, 2.05) is 24.6 Å². The highest BCUT2D eigenvalue weighted by Crippen LogP contribution is 2.26. The number of likely N-dealkylation sites (tertiary alicyclic amines) is 1. The number of amides is 2. The van der Waals surface area contributed by atoms with E-state index >= 15 is 0 Å². The first-order valence-electron chi connectivity index (χ1n) is 6.98. The molecule has 0 spiro atoms. The van der Waals surface area contributed by atoms with Crippen LogP contribution < -0.4 is 0 Å². The lowest BCUT2D eigenvalue weighted by Crippen LogP contribution is -2.33. The maximum Gasteiger partial charge on any atom is 0.239 e. The van der Waals surface area contributed by atoms with Crippen molar-refractivity contribution in [2.45, 2.75) is 24.9 Å². The van der Waals surface area contributed by atoms with Crippen molar-refractivity contribution in [3.05, 3.63) is 18.1 Å². The molecule has 116 valence electrons. The lowest BCUT2D eigenvalue weighted by Gasteiger charge is -2.12. The maximum atomic E-state index is 12.0. The SMILES string of the molecule is Cc1occc1-c1nnc(SCC(=O)N2CCCC2=O)n1C. The molecule has 0 N–H and O–H groups in total. The second-order valence-corrected chi connectivity index (χ2v) is 6.03. The molecule has 2 aromatic rings. The van der Waals surface area contributed by atoms with Crippen molar-refractivity contribution in [3.63, 3.8) is 0 Å². The summed E-state index contributed by atoms with van der Waals surface area (Å²) >= 11 is 1.28. The second kappa shape index (κ2) is 5.96. The molecule has 0 bridgehead atoms. The number of hydrogen-bond acceptors (Lipinski definition) is 6. The fourth-order valence-electron chi connectivity index (χ4n) is 2.41. The van der Waals surface area contributed by atoms with E-state index in [2.05, 4.69) is 10.2 Å². The number of carbonyl (C=O) groups excluding carboxylic acids is 2. The van der Waals surface area contributed by atoms with Gasteiger partial charge in [0.05, 0.1) is 17.6 Å². The highest BCUT2D eigenvalue weighted by Gasteiger charge is 2.26. The van der Waals surface area contributed by atoms with Crippen LogP contribution >= 0.6 is 11.8 Å². The summed E-state index contributed by atoms with van der Waals surface area (Å²) in [6.45, 7) is 2.38. The number of hydrogen-bond donors (Lipinski definition) is 0. The summed E-state index contributed by atoms with van der Waals surface area (Å²) in [6.07, 6.45) is 2.82. The van der Waals surface area contributed by atoms with Crippen LogP contribution in [0.25, 0.3) is 11.4 Å². The summed E-state index contributed by atoms with van der Waals surface area (Å²) in [6, 6.07) is 1.84. The van der Waals surface area contributed by atoms with Gasteiger partial charge < -0.3 is 8.98 Å². The molecule has 3 heterocycles. The average Bonchev–Trinajstić information content (AvgIpc) is 3.18. The van der Waals surface area contributed by atoms with E-state index in [0.717, 1.165) is 17.7 Å². The molecule has 22 heavy (non-hydrogen) atoms. The number of imide groups is 1. The van der Waals surface area contributed by atoms with Crippen molar-refractivity contribution in [3.8, 4) is 11.4 Å². The van der Waals surface area contributed by atoms with Crippen LogP contribution in [0.15, 0.2) is 21.9 Å². The van der Waals surface area contributed by atoms with E-state index < -0.39 is 0 Å². The van der Waals surface area contributed by atoms with Crippen molar-refractivity contribution in [1.82, 2.24) is 19.7 Å². The zero-order chi connectivity index (χ0) is 15.7. The van der Waals surface area contributed by atoms with Gasteiger partial charge in [0.1, 0.15) is 5.76 Å². The molecule has 8 heteroatoms. The number of aromatic nitrogens is 3. The van der Waals surface area contributed by atoms with Gasteiger partial charge in [-0.2, -0.15) is 0 Å². The largest absolute Gasteiger partial charge is 0.469 e. The molecule has 2 aromatic heterocycles. The normalized spacial score (nSPS) is 14.8. The second-order valence-electron chi connectivity index (χ2n) is 5.09. The molecule has 7 nitrogen and oxygen atoms in total. The van der Waals surface area contributed by atoms with Crippen LogP contribution in [0.5, 0.6) is 0 Å². The maximum absolute atomic E-state index is 12.0. The van der Waals surface area contributed by atoms with Crippen LogP contribution in [0.1, 0.15) is 18.6 Å². The average molecular weight is 320 g/mol. The highest BCUT2D eigenvalue weighted by atomic mass is 32.2. The fourth-order valence-corrected chi connectivity index (χ4v) is 3.20. The predicted molar refractivity (Wildman–Crippen MR) is 80.1 cm³/mol. The van der Waals surface area contributed by atoms with Crippen molar-refractivity contribution in [2.24, 2.45) is 7.05 Å². The smallest absolute Gasteiger partial charge is 0.239 e. The minimum absolute atomic E-state index is 0.0849. The number of nitrogens with zero attached hydrogens (tertiary/aromatic N) is 4. The van der Waals surface area contributed by atoms with Crippen molar-refractivity contribution in [1.29, 1.82) is 0 Å². The van der Waals surface area contributed by atoms with Gasteiger partial charge in [0, 0.05) is 20.0 Å². The summed E-state index contributed by atoms with van der Waals surface area (Å²) < 4.78 is 7.10. The standard InChI is InChI=1S/C14H16N4O3S/c1-9-10(5-7-21-9)13-15-16-14(17(13)2)22-8-12(20)18-6-3-4-11(18)19/h5,7H,3-4,6,8H2,1-2H3. The monoisotopic (exact) mass is 320 g/mol. The zero-order valence-electron chi connectivity index (χ0n) is 12.4. The molecular weight excluding hydrogens is 304 g/mol. The molecule has 0 saturated carbocycles. The van der Waals surface area contributed by atoms with Crippen LogP contribution in [-0.4, -0.2) is 43.8 Å². The van der Waals surface area contributed by atoms with Crippen LogP contribution in [0, 0.1) is 6.92 Å². The van der Waals surface area contributed by atoms with Crippen molar-refractivity contribution in [2.75, 3.05) is 12.3 Å². The lowest BCUT2D eigenvalue weighted by molar-refractivity contribution is -0.140. The first-order valence-corrected chi connectivity index (χ1v) is 7.96. The molecule has 0 unspecified atom stereocenters. The molecule has 0 atom stereocenters. The van der Waals surface area contributed by atoms with Crippen LogP contribution in [0.3, 0.4) is 0 Å². The number of carbonyl (C=O) groups is 2. The van der Waals surface area contributed by atoms with Gasteiger partial charge in [-0.3, -0.25) is 14.5 Å². The Balaban J connectivity index is 1.69. The van der Waals surface area contributed by atoms with Crippen LogP contribution in [0.4, 0.5) is 0 Å². The zero-order valence-corrected chi connectivity index (χ0v) is 13.2. The first kappa shape index (κ1) is 14.8. The first-order chi connectivity index (χ1) is 10.6. The summed E-state index contributed by atoms with van der Waals surface area (Å²) in [5, 5.41) is 8.89. The van der Waals surface area contributed by atoms with Gasteiger partial charge in [0.15, 0.2) is 11.0 Å². The minimum Gasteiger partial charge on any atom is -0.469 e.